The van der Waals surface area contributed by atoms with E-state index in [1.807, 2.05) is 61.5 Å². The van der Waals surface area contributed by atoms with E-state index in [1.54, 1.807) is 11.8 Å². The van der Waals surface area contributed by atoms with Gasteiger partial charge in [0, 0.05) is 22.4 Å². The van der Waals surface area contributed by atoms with Crippen molar-refractivity contribution >= 4 is 35.1 Å². The Hall–Kier alpha value is -2.51. The number of carbonyl (C=O) groups is 1. The number of nitrogens with zero attached hydrogens (tertiary/aromatic N) is 1. The zero-order valence-corrected chi connectivity index (χ0v) is 16.4. The van der Waals surface area contributed by atoms with Gasteiger partial charge in [-0.25, -0.2) is 4.98 Å². The normalized spacial score (nSPS) is 10.6. The number of thioether (sulfide) groups is 2. The largest absolute Gasteiger partial charge is 0.325 e. The number of aryl methyl sites for hydroxylation is 1. The number of H-pyrrole nitrogens is 1. The minimum absolute atomic E-state index is 0.138. The van der Waals surface area contributed by atoms with Gasteiger partial charge in [0.25, 0.3) is 5.56 Å². The summed E-state index contributed by atoms with van der Waals surface area (Å²) in [6, 6.07) is 19.0. The number of para-hydroxylation sites is 1. The van der Waals surface area contributed by atoms with Crippen molar-refractivity contribution < 1.29 is 4.79 Å². The van der Waals surface area contributed by atoms with Crippen LogP contribution in [0.1, 0.15) is 11.3 Å². The number of nitrogens with one attached hydrogen (secondary N) is 2. The van der Waals surface area contributed by atoms with E-state index in [9.17, 15) is 9.59 Å². The van der Waals surface area contributed by atoms with Gasteiger partial charge in [0.15, 0.2) is 5.16 Å². The molecule has 0 fully saturated rings. The van der Waals surface area contributed by atoms with Crippen molar-refractivity contribution in [2.24, 2.45) is 0 Å². The highest BCUT2D eigenvalue weighted by molar-refractivity contribution is 7.99. The highest BCUT2D eigenvalue weighted by Gasteiger charge is 2.08. The van der Waals surface area contributed by atoms with Crippen molar-refractivity contribution in [3.8, 4) is 0 Å². The first kappa shape index (κ1) is 19.3. The van der Waals surface area contributed by atoms with Gasteiger partial charge in [-0.3, -0.25) is 9.59 Å². The number of anilines is 1. The van der Waals surface area contributed by atoms with Crippen LogP contribution < -0.4 is 10.9 Å². The highest BCUT2D eigenvalue weighted by atomic mass is 32.2. The minimum atomic E-state index is -0.213. The molecule has 0 atom stereocenters. The summed E-state index contributed by atoms with van der Waals surface area (Å²) < 4.78 is 0. The first-order chi connectivity index (χ1) is 13.1. The zero-order valence-electron chi connectivity index (χ0n) is 14.8. The molecule has 138 valence electrons. The molecule has 2 aromatic carbocycles. The van der Waals surface area contributed by atoms with Gasteiger partial charge >= 0.3 is 0 Å². The van der Waals surface area contributed by atoms with Crippen LogP contribution in [0.2, 0.25) is 0 Å². The van der Waals surface area contributed by atoms with Crippen LogP contribution in [0.25, 0.3) is 0 Å². The third kappa shape index (κ3) is 6.01. The van der Waals surface area contributed by atoms with E-state index in [2.05, 4.69) is 15.3 Å². The molecule has 3 aromatic rings. The van der Waals surface area contributed by atoms with Crippen LogP contribution in [0.3, 0.4) is 0 Å². The summed E-state index contributed by atoms with van der Waals surface area (Å²) in [4.78, 5) is 32.3. The lowest BCUT2D eigenvalue weighted by Gasteiger charge is -2.08. The third-order valence-corrected chi connectivity index (χ3v) is 5.58. The molecule has 5 nitrogen and oxygen atoms in total. The first-order valence-corrected chi connectivity index (χ1v) is 10.3. The molecule has 1 aromatic heterocycles. The predicted octanol–water partition coefficient (Wildman–Crippen LogP) is 4.10. The monoisotopic (exact) mass is 397 g/mol. The van der Waals surface area contributed by atoms with Gasteiger partial charge in [-0.15, -0.1) is 11.8 Å². The summed E-state index contributed by atoms with van der Waals surface area (Å²) in [6.07, 6.45) is 0. The number of carbonyl (C=O) groups excluding carboxylic acids is 1. The zero-order chi connectivity index (χ0) is 19.1. The van der Waals surface area contributed by atoms with E-state index in [0.29, 0.717) is 16.6 Å². The Morgan fingerprint density at radius 2 is 1.81 bits per heavy atom. The maximum Gasteiger partial charge on any atom is 0.251 e. The molecule has 0 aliphatic heterocycles. The molecule has 0 spiro atoms. The molecule has 7 heteroatoms. The molecule has 27 heavy (non-hydrogen) atoms. The lowest BCUT2D eigenvalue weighted by atomic mass is 10.2. The molecule has 0 aliphatic carbocycles. The van der Waals surface area contributed by atoms with E-state index in [-0.39, 0.29) is 17.2 Å². The number of aromatic amines is 1. The predicted molar refractivity (Wildman–Crippen MR) is 111 cm³/mol. The van der Waals surface area contributed by atoms with Crippen molar-refractivity contribution in [1.29, 1.82) is 0 Å². The van der Waals surface area contributed by atoms with Crippen LogP contribution in [0, 0.1) is 6.92 Å². The van der Waals surface area contributed by atoms with Crippen molar-refractivity contribution in [2.75, 3.05) is 11.1 Å². The van der Waals surface area contributed by atoms with Gasteiger partial charge in [-0.1, -0.05) is 48.2 Å². The summed E-state index contributed by atoms with van der Waals surface area (Å²) in [5, 5.41) is 3.32. The smallest absolute Gasteiger partial charge is 0.251 e. The van der Waals surface area contributed by atoms with Crippen molar-refractivity contribution in [1.82, 2.24) is 9.97 Å². The van der Waals surface area contributed by atoms with E-state index in [4.69, 9.17) is 0 Å². The van der Waals surface area contributed by atoms with Gasteiger partial charge in [-0.05, 0) is 30.7 Å². The van der Waals surface area contributed by atoms with Gasteiger partial charge in [0.05, 0.1) is 11.4 Å². The average Bonchev–Trinajstić information content (AvgIpc) is 2.67. The molecule has 1 amide bonds. The molecule has 0 unspecified atom stereocenters. The second-order valence-corrected chi connectivity index (χ2v) is 7.81. The van der Waals surface area contributed by atoms with Crippen LogP contribution in [-0.4, -0.2) is 21.6 Å². The highest BCUT2D eigenvalue weighted by Crippen LogP contribution is 2.22. The average molecular weight is 398 g/mol. The molecule has 2 N–H and O–H groups in total. The van der Waals surface area contributed by atoms with Crippen LogP contribution in [0.5, 0.6) is 0 Å². The molecule has 0 aliphatic rings. The van der Waals surface area contributed by atoms with E-state index in [1.165, 1.54) is 17.8 Å². The molecule has 1 heterocycles. The van der Waals surface area contributed by atoms with Gasteiger partial charge in [0.1, 0.15) is 0 Å². The lowest BCUT2D eigenvalue weighted by molar-refractivity contribution is -0.113. The molecular weight excluding hydrogens is 378 g/mol. The Morgan fingerprint density at radius 1 is 1.07 bits per heavy atom. The summed E-state index contributed by atoms with van der Waals surface area (Å²) in [5.41, 5.74) is 2.27. The Kier molecular flexibility index (Phi) is 6.73. The maximum atomic E-state index is 12.2. The molecule has 0 radical (unpaired) electrons. The van der Waals surface area contributed by atoms with Crippen molar-refractivity contribution in [3.63, 3.8) is 0 Å². The lowest BCUT2D eigenvalue weighted by Crippen LogP contribution is -2.16. The quantitative estimate of drug-likeness (QED) is 0.464. The standard InChI is InChI=1S/C20H19N3O2S2/c1-14-7-5-6-10-17(14)22-19(25)13-27-20-21-15(11-18(24)23-20)12-26-16-8-3-2-4-9-16/h2-11H,12-13H2,1H3,(H,22,25)(H,21,23,24). The van der Waals surface area contributed by atoms with E-state index < -0.39 is 0 Å². The Balaban J connectivity index is 1.58. The van der Waals surface area contributed by atoms with Gasteiger partial charge < -0.3 is 10.3 Å². The molecule has 0 saturated heterocycles. The number of aromatic nitrogens is 2. The fourth-order valence-electron chi connectivity index (χ4n) is 2.33. The van der Waals surface area contributed by atoms with E-state index >= 15 is 0 Å². The number of benzene rings is 2. The SMILES string of the molecule is Cc1ccccc1NC(=O)CSc1nc(CSc2ccccc2)cc(=O)[nH]1. The van der Waals surface area contributed by atoms with Gasteiger partial charge in [-0.2, -0.15) is 0 Å². The van der Waals surface area contributed by atoms with Crippen molar-refractivity contribution in [3.05, 3.63) is 82.3 Å². The van der Waals surface area contributed by atoms with Crippen LogP contribution in [-0.2, 0) is 10.5 Å². The van der Waals surface area contributed by atoms with Gasteiger partial charge in [0.2, 0.25) is 5.91 Å². The second-order valence-electron chi connectivity index (χ2n) is 5.80. The topological polar surface area (TPSA) is 74.8 Å². The molecule has 0 saturated carbocycles. The second kappa shape index (κ2) is 9.43. The third-order valence-electron chi connectivity index (χ3n) is 3.66. The molecule has 0 bridgehead atoms. The number of rotatable bonds is 7. The number of hydrogen-bond acceptors (Lipinski definition) is 5. The van der Waals surface area contributed by atoms with Crippen LogP contribution >= 0.6 is 23.5 Å². The minimum Gasteiger partial charge on any atom is -0.325 e. The Morgan fingerprint density at radius 3 is 2.59 bits per heavy atom. The van der Waals surface area contributed by atoms with Crippen molar-refractivity contribution in [2.45, 2.75) is 22.7 Å². The van der Waals surface area contributed by atoms with Crippen LogP contribution in [0.15, 0.2) is 75.5 Å². The summed E-state index contributed by atoms with van der Waals surface area (Å²) in [6.45, 7) is 1.94. The number of hydrogen-bond donors (Lipinski definition) is 2. The van der Waals surface area contributed by atoms with E-state index in [0.717, 1.165) is 16.1 Å². The molecular formula is C20H19N3O2S2. The first-order valence-electron chi connectivity index (χ1n) is 8.36. The fourth-order valence-corrected chi connectivity index (χ4v) is 3.84. The Bertz CT molecular complexity index is 974. The maximum absolute atomic E-state index is 12.2. The summed E-state index contributed by atoms with van der Waals surface area (Å²) >= 11 is 2.83. The summed E-state index contributed by atoms with van der Waals surface area (Å²) in [5.74, 6) is 0.629. The van der Waals surface area contributed by atoms with Crippen LogP contribution in [0.4, 0.5) is 5.69 Å². The Labute approximate surface area is 166 Å². The summed E-state index contributed by atoms with van der Waals surface area (Å²) in [7, 11) is 0. The molecule has 3 rings (SSSR count). The number of amides is 1. The fraction of sp³-hybridized carbons (Fsp3) is 0.150.